The summed E-state index contributed by atoms with van der Waals surface area (Å²) in [5.74, 6) is 0.0795. The number of nitrogens with one attached hydrogen (secondary N) is 3. The fourth-order valence-electron chi connectivity index (χ4n) is 6.74. The van der Waals surface area contributed by atoms with Gasteiger partial charge in [0.15, 0.2) is 17.0 Å². The van der Waals surface area contributed by atoms with Crippen LogP contribution in [0, 0.1) is 5.92 Å². The van der Waals surface area contributed by atoms with Crippen molar-refractivity contribution in [2.75, 3.05) is 36.5 Å². The number of carbonyl (C=O) groups is 3. The number of pyridine rings is 1. The third-order valence-electron chi connectivity index (χ3n) is 10.1. The molecule has 0 saturated heterocycles. The van der Waals surface area contributed by atoms with Gasteiger partial charge in [-0.3, -0.25) is 14.6 Å². The van der Waals surface area contributed by atoms with Gasteiger partial charge in [0, 0.05) is 29.7 Å². The first-order valence-corrected chi connectivity index (χ1v) is 21.9. The second-order valence-corrected chi connectivity index (χ2v) is 17.5. The topological polar surface area (TPSA) is 303 Å². The van der Waals surface area contributed by atoms with E-state index in [0.29, 0.717) is 60.3 Å². The fourth-order valence-corrected chi connectivity index (χ4v) is 6.74. The van der Waals surface area contributed by atoms with E-state index in [1.54, 1.807) is 24.3 Å². The van der Waals surface area contributed by atoms with Crippen LogP contribution in [0.15, 0.2) is 59.5 Å². The molecule has 1 atom stereocenters. The largest absolute Gasteiger partial charge is 0.508 e. The Balaban J connectivity index is 0.000000249. The Kier molecular flexibility index (Phi) is 16.9. The number of carbonyl (C=O) groups excluding carboxylic acids is 2. The molecular weight excluding hydrogens is 849 g/mol. The molecule has 6 aromatic rings. The molecule has 0 radical (unpaired) electrons. The number of amides is 1. The first-order chi connectivity index (χ1) is 31.3. The zero-order valence-electron chi connectivity index (χ0n) is 38.6. The number of imidazole rings is 1. The Hall–Kier alpha value is -6.93. The van der Waals surface area contributed by atoms with E-state index in [9.17, 15) is 24.3 Å². The summed E-state index contributed by atoms with van der Waals surface area (Å²) in [6, 6.07) is 13.4. The lowest BCUT2D eigenvalue weighted by Crippen LogP contribution is -2.41. The molecule has 20 nitrogen and oxygen atoms in total. The number of benzene rings is 2. The monoisotopic (exact) mass is 910 g/mol. The van der Waals surface area contributed by atoms with Gasteiger partial charge in [0.2, 0.25) is 5.95 Å². The number of para-hydroxylation sites is 1. The number of aliphatic carboxylic acids is 1. The van der Waals surface area contributed by atoms with Gasteiger partial charge in [0.1, 0.15) is 29.6 Å². The van der Waals surface area contributed by atoms with Gasteiger partial charge in [-0.2, -0.15) is 4.98 Å². The van der Waals surface area contributed by atoms with Crippen molar-refractivity contribution < 1.29 is 33.7 Å². The molecule has 10 N–H and O–H groups in total. The van der Waals surface area contributed by atoms with Gasteiger partial charge in [-0.05, 0) is 89.8 Å². The van der Waals surface area contributed by atoms with Crippen LogP contribution in [0.25, 0.3) is 33.1 Å². The Morgan fingerprint density at radius 3 is 2.35 bits per heavy atom. The van der Waals surface area contributed by atoms with Crippen molar-refractivity contribution in [1.29, 1.82) is 0 Å². The number of nitrogens with zero attached hydrogens (tertiary/aromatic N) is 6. The molecule has 0 bridgehead atoms. The normalized spacial score (nSPS) is 12.2. The van der Waals surface area contributed by atoms with Crippen molar-refractivity contribution in [3.05, 3.63) is 82.2 Å². The predicted molar refractivity (Wildman–Crippen MR) is 253 cm³/mol. The fraction of sp³-hybridized carbons (Fsp3) is 0.457. The number of aromatic amines is 1. The highest BCUT2D eigenvalue weighted by Gasteiger charge is 2.30. The van der Waals surface area contributed by atoms with Gasteiger partial charge in [-0.25, -0.2) is 29.5 Å². The maximum absolute atomic E-state index is 12.6. The quantitative estimate of drug-likeness (QED) is 0.0450. The van der Waals surface area contributed by atoms with Crippen molar-refractivity contribution in [2.45, 2.75) is 111 Å². The average molecular weight is 911 g/mol. The maximum atomic E-state index is 12.6. The lowest BCUT2D eigenvalue weighted by atomic mass is 10.1. The number of aryl methyl sites for hydroxylation is 1. The Morgan fingerprint density at radius 1 is 0.939 bits per heavy atom. The van der Waals surface area contributed by atoms with Gasteiger partial charge >= 0.3 is 12.1 Å². The van der Waals surface area contributed by atoms with E-state index in [2.05, 4.69) is 60.9 Å². The minimum absolute atomic E-state index is 0.0316. The highest BCUT2D eigenvalue weighted by atomic mass is 16.7. The van der Waals surface area contributed by atoms with E-state index in [4.69, 9.17) is 36.4 Å². The molecule has 4 heterocycles. The first kappa shape index (κ1) is 50.1. The van der Waals surface area contributed by atoms with Crippen molar-refractivity contribution >= 4 is 68.6 Å². The molecule has 2 aromatic carbocycles. The molecule has 1 unspecified atom stereocenters. The van der Waals surface area contributed by atoms with Crippen LogP contribution in [-0.2, 0) is 38.5 Å². The second kappa shape index (κ2) is 22.3. The maximum Gasteiger partial charge on any atom is 0.508 e. The molecule has 0 fully saturated rings. The zero-order valence-corrected chi connectivity index (χ0v) is 38.6. The van der Waals surface area contributed by atoms with Crippen LogP contribution in [0.4, 0.5) is 22.2 Å². The minimum atomic E-state index is -1.10. The number of hydrogen-bond acceptors (Lipinski definition) is 16. The first-order valence-electron chi connectivity index (χ1n) is 21.9. The van der Waals surface area contributed by atoms with Gasteiger partial charge in [0.05, 0.1) is 41.6 Å². The minimum Gasteiger partial charge on any atom is -0.480 e. The number of unbranched alkanes of at least 4 members (excludes halogenated alkanes) is 1. The third kappa shape index (κ3) is 13.8. The zero-order chi connectivity index (χ0) is 48.2. The summed E-state index contributed by atoms with van der Waals surface area (Å²) in [5.41, 5.74) is 19.4. The van der Waals surface area contributed by atoms with Crippen LogP contribution in [0.3, 0.4) is 0 Å². The summed E-state index contributed by atoms with van der Waals surface area (Å²) in [4.78, 5) is 72.1. The smallest absolute Gasteiger partial charge is 0.480 e. The van der Waals surface area contributed by atoms with E-state index in [-0.39, 0.29) is 36.7 Å². The van der Waals surface area contributed by atoms with Gasteiger partial charge in [-0.15, -0.1) is 0 Å². The van der Waals surface area contributed by atoms with E-state index in [0.717, 1.165) is 41.5 Å². The van der Waals surface area contributed by atoms with Crippen LogP contribution in [0.2, 0.25) is 0 Å². The van der Waals surface area contributed by atoms with Gasteiger partial charge in [-0.1, -0.05) is 45.4 Å². The number of aromatic nitrogens is 7. The molecule has 0 aliphatic carbocycles. The van der Waals surface area contributed by atoms with Crippen LogP contribution in [0.1, 0.15) is 96.0 Å². The van der Waals surface area contributed by atoms with Crippen LogP contribution >= 0.6 is 0 Å². The second-order valence-electron chi connectivity index (χ2n) is 17.5. The van der Waals surface area contributed by atoms with Crippen LogP contribution in [0.5, 0.6) is 0 Å². The molecule has 66 heavy (non-hydrogen) atoms. The number of hydrogen-bond donors (Lipinski definition) is 7. The Bertz CT molecular complexity index is 2680. The van der Waals surface area contributed by atoms with Crippen molar-refractivity contribution in [3.63, 3.8) is 0 Å². The Labute approximate surface area is 382 Å². The molecular formula is C46H62N12O8. The highest BCUT2D eigenvalue weighted by Crippen LogP contribution is 2.31. The summed E-state index contributed by atoms with van der Waals surface area (Å²) in [5, 5.41) is 15.8. The molecule has 1 amide bonds. The number of carboxylic acids is 1. The number of anilines is 3. The average Bonchev–Trinajstić information content (AvgIpc) is 3.62. The highest BCUT2D eigenvalue weighted by molar-refractivity contribution is 6.06. The number of carboxylic acid groups (broad SMARTS) is 1. The van der Waals surface area contributed by atoms with Crippen LogP contribution in [-0.4, -0.2) is 94.6 Å². The summed E-state index contributed by atoms with van der Waals surface area (Å²) in [7, 11) is 0. The van der Waals surface area contributed by atoms with Crippen molar-refractivity contribution in [3.8, 4) is 0 Å². The number of ether oxygens (including phenoxy) is 3. The number of H-pyrrole nitrogens is 1. The van der Waals surface area contributed by atoms with E-state index < -0.39 is 40.8 Å². The molecule has 20 heteroatoms. The van der Waals surface area contributed by atoms with Crippen LogP contribution < -0.4 is 33.4 Å². The number of fused-ring (bicyclic) bond motifs is 4. The molecule has 6 rings (SSSR count). The molecule has 4 aromatic heterocycles. The summed E-state index contributed by atoms with van der Waals surface area (Å²) in [6.07, 6.45) is 4.34. The predicted octanol–water partition coefficient (Wildman–Crippen LogP) is 5.72. The van der Waals surface area contributed by atoms with Gasteiger partial charge in [0.25, 0.3) is 11.5 Å². The SMILES string of the molecule is CCCCc1nc2c(N)nc3ccccc3c2n1CC(C)(C)OC(=O)OCC(C)(C)OCC(C)C.NCCCC(NC(=O)c1ccc(NCc2cnc3nc(N)[nH]c(=O)c3n2)cc1)C(=O)O. The number of nitrogens with two attached hydrogens (primary N) is 3. The van der Waals surface area contributed by atoms with E-state index in [1.165, 1.54) is 6.20 Å². The summed E-state index contributed by atoms with van der Waals surface area (Å²) >= 11 is 0. The van der Waals surface area contributed by atoms with E-state index in [1.807, 2.05) is 52.0 Å². The molecule has 0 aliphatic heterocycles. The Morgan fingerprint density at radius 2 is 1.67 bits per heavy atom. The lowest BCUT2D eigenvalue weighted by molar-refractivity contribution is -0.139. The van der Waals surface area contributed by atoms with Crippen molar-refractivity contribution in [2.24, 2.45) is 11.7 Å². The van der Waals surface area contributed by atoms with E-state index >= 15 is 0 Å². The number of nitrogen functional groups attached to an aromatic ring is 2. The molecule has 354 valence electrons. The molecule has 0 spiro atoms. The lowest BCUT2D eigenvalue weighted by Gasteiger charge is -2.29. The standard InChI is InChI=1S/C27H40N4O4.C19H22N8O4/c1-8-9-14-21-30-22-23(19-12-10-11-13-20(19)29-24(22)28)31(21)16-26(4,5)35-25(32)33-17-27(6,7)34-15-18(2)3;20-7-1-2-13(18(30)31)25-16(28)10-3-5-11(6-4-10)22-8-12-9-23-15-14(24-12)17(29)27-19(21)26-15/h10-13,18H,8-9,14-17H2,1-7H3,(H2,28,29);3-6,9,13,22H,1-2,7-8,20H2,(H,25,28)(H,30,31)(H3,21,23,26,27,29). The van der Waals surface area contributed by atoms with Crippen molar-refractivity contribution in [1.82, 2.24) is 39.8 Å². The van der Waals surface area contributed by atoms with Gasteiger partial charge < -0.3 is 51.7 Å². The summed E-state index contributed by atoms with van der Waals surface area (Å²) in [6.45, 7) is 15.6. The molecule has 0 aliphatic rings. The molecule has 0 saturated carbocycles. The summed E-state index contributed by atoms with van der Waals surface area (Å²) < 4.78 is 19.2. The third-order valence-corrected chi connectivity index (χ3v) is 10.1. The number of rotatable bonds is 20.